The molecule has 0 aliphatic carbocycles. The van der Waals surface area contributed by atoms with E-state index in [0.29, 0.717) is 6.33 Å². The zero-order valence-corrected chi connectivity index (χ0v) is 9.81. The molecule has 0 aromatic heterocycles. The van der Waals surface area contributed by atoms with Crippen LogP contribution in [0.5, 0.6) is 0 Å². The van der Waals surface area contributed by atoms with E-state index in [0.717, 1.165) is 0 Å². The highest BCUT2D eigenvalue weighted by molar-refractivity contribution is 6.89. The van der Waals surface area contributed by atoms with E-state index in [4.69, 9.17) is 0 Å². The molecule has 2 aromatic carbocycles. The molecule has 0 heterocycles. The second kappa shape index (κ2) is 5.42. The quantitative estimate of drug-likeness (QED) is 0.706. The first-order valence-corrected chi connectivity index (χ1v) is 6.74. The molecule has 0 N–H and O–H groups in total. The smallest absolute Gasteiger partial charge is 0.149 e. The van der Waals surface area contributed by atoms with Crippen LogP contribution in [-0.2, 0) is 0 Å². The van der Waals surface area contributed by atoms with Crippen molar-refractivity contribution in [2.75, 3.05) is 0 Å². The Hall–Kier alpha value is -1.67. The molecule has 2 rings (SSSR count). The number of halogens is 1. The van der Waals surface area contributed by atoms with Crippen molar-refractivity contribution in [3.8, 4) is 0 Å². The van der Waals surface area contributed by atoms with Gasteiger partial charge in [-0.3, -0.25) is 0 Å². The minimum absolute atomic E-state index is 0.661. The highest BCUT2D eigenvalue weighted by Gasteiger charge is 2.12. The van der Waals surface area contributed by atoms with Gasteiger partial charge in [0.05, 0.1) is 6.33 Å². The molecule has 0 fully saturated rings. The SMILES string of the molecule is FC=C[Si](c1ccccc1)c1ccccc1. The fourth-order valence-electron chi connectivity index (χ4n) is 1.66. The van der Waals surface area contributed by atoms with Crippen LogP contribution in [0.25, 0.3) is 0 Å². The van der Waals surface area contributed by atoms with Crippen LogP contribution < -0.4 is 10.4 Å². The molecule has 0 bridgehead atoms. The molecule has 0 nitrogen and oxygen atoms in total. The van der Waals surface area contributed by atoms with E-state index >= 15 is 0 Å². The maximum absolute atomic E-state index is 12.5. The fraction of sp³-hybridized carbons (Fsp3) is 0. The second-order valence-electron chi connectivity index (χ2n) is 3.44. The van der Waals surface area contributed by atoms with Crippen LogP contribution in [0.3, 0.4) is 0 Å². The van der Waals surface area contributed by atoms with Gasteiger partial charge in [-0.1, -0.05) is 76.7 Å². The van der Waals surface area contributed by atoms with Crippen LogP contribution in [0.2, 0.25) is 0 Å². The first-order chi connectivity index (χ1) is 7.92. The molecular formula is C14H12FSi. The van der Waals surface area contributed by atoms with E-state index in [1.165, 1.54) is 10.4 Å². The lowest BCUT2D eigenvalue weighted by Gasteiger charge is -2.10. The first-order valence-electron chi connectivity index (χ1n) is 5.16. The van der Waals surface area contributed by atoms with Crippen molar-refractivity contribution >= 4 is 19.2 Å². The summed E-state index contributed by atoms with van der Waals surface area (Å²) in [4.78, 5) is 0. The Morgan fingerprint density at radius 2 is 1.19 bits per heavy atom. The Morgan fingerprint density at radius 1 is 0.750 bits per heavy atom. The van der Waals surface area contributed by atoms with Gasteiger partial charge in [0, 0.05) is 0 Å². The molecule has 2 aromatic rings. The Bertz CT molecular complexity index is 411. The highest BCUT2D eigenvalue weighted by atomic mass is 28.3. The predicted molar refractivity (Wildman–Crippen MR) is 68.2 cm³/mol. The van der Waals surface area contributed by atoms with Crippen molar-refractivity contribution in [2.45, 2.75) is 0 Å². The lowest BCUT2D eigenvalue weighted by atomic mass is 10.4. The summed E-state index contributed by atoms with van der Waals surface area (Å²) in [7, 11) is -1.11. The number of rotatable bonds is 3. The molecule has 0 amide bonds. The van der Waals surface area contributed by atoms with E-state index in [1.807, 2.05) is 36.4 Å². The largest absolute Gasteiger partial charge is 0.216 e. The summed E-state index contributed by atoms with van der Waals surface area (Å²) in [5.74, 6) is 0. The second-order valence-corrected chi connectivity index (χ2v) is 5.75. The molecule has 0 unspecified atom stereocenters. The van der Waals surface area contributed by atoms with Crippen LogP contribution >= 0.6 is 0 Å². The lowest BCUT2D eigenvalue weighted by Crippen LogP contribution is -2.40. The molecule has 0 atom stereocenters. The molecule has 0 spiro atoms. The van der Waals surface area contributed by atoms with Crippen LogP contribution in [0.1, 0.15) is 0 Å². The van der Waals surface area contributed by atoms with Gasteiger partial charge in [-0.15, -0.1) is 0 Å². The van der Waals surface area contributed by atoms with E-state index in [2.05, 4.69) is 24.3 Å². The standard InChI is InChI=1S/C14H12FSi/c15-11-12-16(13-7-3-1-4-8-13)14-9-5-2-6-10-14/h1-12H. The van der Waals surface area contributed by atoms with Gasteiger partial charge >= 0.3 is 0 Å². The zero-order chi connectivity index (χ0) is 11.2. The molecule has 0 aliphatic heterocycles. The summed E-state index contributed by atoms with van der Waals surface area (Å²) in [5, 5.41) is 2.40. The first kappa shape index (κ1) is 10.8. The third-order valence-corrected chi connectivity index (χ3v) is 4.77. The molecule has 0 saturated carbocycles. The number of hydrogen-bond acceptors (Lipinski definition) is 0. The van der Waals surface area contributed by atoms with Crippen LogP contribution in [-0.4, -0.2) is 8.80 Å². The van der Waals surface area contributed by atoms with Crippen LogP contribution in [0.15, 0.2) is 72.7 Å². The summed E-state index contributed by atoms with van der Waals surface area (Å²) < 4.78 is 12.5. The average Bonchev–Trinajstić information content (AvgIpc) is 2.38. The molecule has 2 heteroatoms. The summed E-state index contributed by atoms with van der Waals surface area (Å²) in [6.07, 6.45) is 0.661. The van der Waals surface area contributed by atoms with Crippen molar-refractivity contribution < 1.29 is 4.39 Å². The minimum Gasteiger partial charge on any atom is -0.216 e. The van der Waals surface area contributed by atoms with E-state index in [9.17, 15) is 4.39 Å². The van der Waals surface area contributed by atoms with Gasteiger partial charge in [0.1, 0.15) is 8.80 Å². The van der Waals surface area contributed by atoms with Gasteiger partial charge < -0.3 is 0 Å². The Labute approximate surface area is 96.7 Å². The van der Waals surface area contributed by atoms with Crippen molar-refractivity contribution in [3.05, 3.63) is 72.7 Å². The van der Waals surface area contributed by atoms with Crippen molar-refractivity contribution in [3.63, 3.8) is 0 Å². The van der Waals surface area contributed by atoms with Gasteiger partial charge in [0.2, 0.25) is 0 Å². The Kier molecular flexibility index (Phi) is 3.67. The van der Waals surface area contributed by atoms with Gasteiger partial charge in [-0.2, -0.15) is 0 Å². The van der Waals surface area contributed by atoms with Crippen LogP contribution in [0, 0.1) is 0 Å². The molecule has 0 saturated heterocycles. The summed E-state index contributed by atoms with van der Waals surface area (Å²) in [5.41, 5.74) is 1.68. The molecule has 1 radical (unpaired) electrons. The summed E-state index contributed by atoms with van der Waals surface area (Å²) in [6, 6.07) is 20.2. The topological polar surface area (TPSA) is 0 Å². The van der Waals surface area contributed by atoms with E-state index in [-0.39, 0.29) is 0 Å². The van der Waals surface area contributed by atoms with Crippen molar-refractivity contribution in [1.29, 1.82) is 0 Å². The van der Waals surface area contributed by atoms with Gasteiger partial charge in [-0.25, -0.2) is 4.39 Å². The molecule has 16 heavy (non-hydrogen) atoms. The highest BCUT2D eigenvalue weighted by Crippen LogP contribution is 1.94. The zero-order valence-electron chi connectivity index (χ0n) is 8.81. The van der Waals surface area contributed by atoms with Gasteiger partial charge in [0.15, 0.2) is 0 Å². The predicted octanol–water partition coefficient (Wildman–Crippen LogP) is 2.32. The van der Waals surface area contributed by atoms with Crippen molar-refractivity contribution in [1.82, 2.24) is 0 Å². The Morgan fingerprint density at radius 3 is 1.56 bits per heavy atom. The minimum atomic E-state index is -1.11. The van der Waals surface area contributed by atoms with E-state index < -0.39 is 8.80 Å². The van der Waals surface area contributed by atoms with Crippen molar-refractivity contribution in [2.24, 2.45) is 0 Å². The average molecular weight is 227 g/mol. The maximum Gasteiger partial charge on any atom is 0.149 e. The monoisotopic (exact) mass is 227 g/mol. The summed E-state index contributed by atoms with van der Waals surface area (Å²) in [6.45, 7) is 0. The molecule has 79 valence electrons. The summed E-state index contributed by atoms with van der Waals surface area (Å²) >= 11 is 0. The molecule has 0 aliphatic rings. The van der Waals surface area contributed by atoms with E-state index in [1.54, 1.807) is 5.70 Å². The van der Waals surface area contributed by atoms with Gasteiger partial charge in [0.25, 0.3) is 0 Å². The Balaban J connectivity index is 2.39. The van der Waals surface area contributed by atoms with Crippen LogP contribution in [0.4, 0.5) is 4.39 Å². The normalized spacial score (nSPS) is 11.1. The third-order valence-electron chi connectivity index (χ3n) is 2.40. The third kappa shape index (κ3) is 2.47. The lowest BCUT2D eigenvalue weighted by molar-refractivity contribution is 0.723. The molecular weight excluding hydrogens is 215 g/mol. The number of benzene rings is 2. The number of hydrogen-bond donors (Lipinski definition) is 0. The van der Waals surface area contributed by atoms with Gasteiger partial charge in [-0.05, 0) is 0 Å². The fourth-order valence-corrected chi connectivity index (χ4v) is 3.60. The maximum atomic E-state index is 12.5.